The Bertz CT molecular complexity index is 220. The third-order valence-electron chi connectivity index (χ3n) is 4.28. The average Bonchev–Trinajstić information content (AvgIpc) is 2.83. The quantitative estimate of drug-likeness (QED) is 0.657. The lowest BCUT2D eigenvalue weighted by molar-refractivity contribution is 0.186. The Morgan fingerprint density at radius 1 is 1.26 bits per heavy atom. The summed E-state index contributed by atoms with van der Waals surface area (Å²) in [5.41, 5.74) is 0. The molecular formula is C16H35N3. The van der Waals surface area contributed by atoms with Crippen LogP contribution in [-0.2, 0) is 0 Å². The van der Waals surface area contributed by atoms with E-state index in [9.17, 15) is 0 Å². The van der Waals surface area contributed by atoms with Crippen LogP contribution in [0.15, 0.2) is 0 Å². The molecule has 1 rings (SSSR count). The van der Waals surface area contributed by atoms with Crippen LogP contribution in [0.5, 0.6) is 0 Å². The fourth-order valence-electron chi connectivity index (χ4n) is 3.28. The predicted octanol–water partition coefficient (Wildman–Crippen LogP) is 2.57. The highest BCUT2D eigenvalue weighted by atomic mass is 15.2. The molecule has 3 nitrogen and oxygen atoms in total. The minimum atomic E-state index is 0.673. The van der Waals surface area contributed by atoms with Gasteiger partial charge in [0.15, 0.2) is 0 Å². The summed E-state index contributed by atoms with van der Waals surface area (Å²) in [7, 11) is 2.29. The Labute approximate surface area is 120 Å². The molecule has 19 heavy (non-hydrogen) atoms. The van der Waals surface area contributed by atoms with E-state index in [2.05, 4.69) is 42.9 Å². The van der Waals surface area contributed by atoms with Crippen molar-refractivity contribution in [3.63, 3.8) is 0 Å². The van der Waals surface area contributed by atoms with Crippen molar-refractivity contribution in [2.24, 2.45) is 0 Å². The van der Waals surface area contributed by atoms with Crippen LogP contribution >= 0.6 is 0 Å². The summed E-state index contributed by atoms with van der Waals surface area (Å²) in [6, 6.07) is 1.47. The van der Waals surface area contributed by atoms with Gasteiger partial charge in [-0.25, -0.2) is 0 Å². The molecule has 0 amide bonds. The van der Waals surface area contributed by atoms with Crippen molar-refractivity contribution in [1.29, 1.82) is 0 Å². The fraction of sp³-hybridized carbons (Fsp3) is 1.00. The van der Waals surface area contributed by atoms with Crippen LogP contribution in [0.4, 0.5) is 0 Å². The topological polar surface area (TPSA) is 18.5 Å². The maximum Gasteiger partial charge on any atom is 0.0223 e. The maximum absolute atomic E-state index is 3.70. The van der Waals surface area contributed by atoms with Crippen LogP contribution in [0.25, 0.3) is 0 Å². The van der Waals surface area contributed by atoms with E-state index in [4.69, 9.17) is 0 Å². The second-order valence-corrected chi connectivity index (χ2v) is 6.09. The van der Waals surface area contributed by atoms with Gasteiger partial charge in [-0.15, -0.1) is 0 Å². The van der Waals surface area contributed by atoms with E-state index < -0.39 is 0 Å². The van der Waals surface area contributed by atoms with Gasteiger partial charge in [0.25, 0.3) is 0 Å². The summed E-state index contributed by atoms with van der Waals surface area (Å²) in [5, 5.41) is 3.70. The van der Waals surface area contributed by atoms with Gasteiger partial charge in [-0.2, -0.15) is 0 Å². The zero-order valence-corrected chi connectivity index (χ0v) is 13.6. The van der Waals surface area contributed by atoms with Gasteiger partial charge in [-0.1, -0.05) is 27.2 Å². The van der Waals surface area contributed by atoms with Crippen LogP contribution in [0.3, 0.4) is 0 Å². The van der Waals surface area contributed by atoms with Crippen molar-refractivity contribution in [1.82, 2.24) is 15.1 Å². The minimum Gasteiger partial charge on any atom is -0.313 e. The molecular weight excluding hydrogens is 234 g/mol. The number of rotatable bonds is 10. The summed E-state index contributed by atoms with van der Waals surface area (Å²) in [6.07, 6.45) is 6.58. The first-order valence-corrected chi connectivity index (χ1v) is 8.37. The van der Waals surface area contributed by atoms with Crippen LogP contribution in [0.2, 0.25) is 0 Å². The van der Waals surface area contributed by atoms with Gasteiger partial charge in [-0.3, -0.25) is 4.90 Å². The van der Waals surface area contributed by atoms with Gasteiger partial charge in [0.2, 0.25) is 0 Å². The summed E-state index contributed by atoms with van der Waals surface area (Å²) >= 11 is 0. The van der Waals surface area contributed by atoms with Crippen molar-refractivity contribution >= 4 is 0 Å². The van der Waals surface area contributed by atoms with E-state index in [1.807, 2.05) is 0 Å². The smallest absolute Gasteiger partial charge is 0.0223 e. The van der Waals surface area contributed by atoms with E-state index in [-0.39, 0.29) is 0 Å². The normalized spacial score (nSPS) is 22.3. The summed E-state index contributed by atoms with van der Waals surface area (Å²) < 4.78 is 0. The molecule has 0 radical (unpaired) electrons. The lowest BCUT2D eigenvalue weighted by Crippen LogP contribution is -2.44. The molecule has 0 bridgehead atoms. The fourth-order valence-corrected chi connectivity index (χ4v) is 3.28. The highest BCUT2D eigenvalue weighted by Crippen LogP contribution is 2.17. The van der Waals surface area contributed by atoms with Crippen molar-refractivity contribution in [3.8, 4) is 0 Å². The first-order valence-electron chi connectivity index (χ1n) is 8.37. The van der Waals surface area contributed by atoms with Gasteiger partial charge in [0.05, 0.1) is 0 Å². The molecule has 0 aromatic carbocycles. The van der Waals surface area contributed by atoms with Gasteiger partial charge >= 0.3 is 0 Å². The highest BCUT2D eigenvalue weighted by molar-refractivity contribution is 4.82. The monoisotopic (exact) mass is 269 g/mol. The molecule has 0 saturated carbocycles. The summed E-state index contributed by atoms with van der Waals surface area (Å²) in [5.74, 6) is 0. The lowest BCUT2D eigenvalue weighted by atomic mass is 10.1. The first kappa shape index (κ1) is 16.9. The third-order valence-corrected chi connectivity index (χ3v) is 4.28. The van der Waals surface area contributed by atoms with Gasteiger partial charge in [0.1, 0.15) is 0 Å². The van der Waals surface area contributed by atoms with Gasteiger partial charge < -0.3 is 10.2 Å². The first-order chi connectivity index (χ1) is 9.21. The predicted molar refractivity (Wildman–Crippen MR) is 84.8 cm³/mol. The van der Waals surface area contributed by atoms with Crippen LogP contribution in [0, 0.1) is 0 Å². The second-order valence-electron chi connectivity index (χ2n) is 6.09. The number of hydrogen-bond acceptors (Lipinski definition) is 3. The molecule has 0 aromatic rings. The summed E-state index contributed by atoms with van der Waals surface area (Å²) in [6.45, 7) is 12.9. The Kier molecular flexibility index (Phi) is 8.67. The standard InChI is InChI=1S/C16H35N3/c1-5-9-15(17-11-6-2)13-18(4)14-16-10-8-12-19(16)7-3/h15-17H,5-14H2,1-4H3. The van der Waals surface area contributed by atoms with Crippen LogP contribution < -0.4 is 5.32 Å². The van der Waals surface area contributed by atoms with Gasteiger partial charge in [0, 0.05) is 25.2 Å². The molecule has 0 aromatic heterocycles. The molecule has 0 aliphatic carbocycles. The van der Waals surface area contributed by atoms with Crippen molar-refractivity contribution in [2.75, 3.05) is 39.8 Å². The molecule has 1 heterocycles. The van der Waals surface area contributed by atoms with Crippen molar-refractivity contribution in [3.05, 3.63) is 0 Å². The Hall–Kier alpha value is -0.120. The van der Waals surface area contributed by atoms with E-state index >= 15 is 0 Å². The van der Waals surface area contributed by atoms with E-state index in [1.54, 1.807) is 0 Å². The second kappa shape index (κ2) is 9.73. The SMILES string of the molecule is CCCNC(CCC)CN(C)CC1CCCN1CC. The number of nitrogens with zero attached hydrogens (tertiary/aromatic N) is 2. The average molecular weight is 269 g/mol. The molecule has 0 spiro atoms. The molecule has 1 fully saturated rings. The summed E-state index contributed by atoms with van der Waals surface area (Å²) in [4.78, 5) is 5.19. The molecule has 1 saturated heterocycles. The zero-order chi connectivity index (χ0) is 14.1. The molecule has 1 aliphatic rings. The van der Waals surface area contributed by atoms with E-state index in [0.29, 0.717) is 6.04 Å². The van der Waals surface area contributed by atoms with Crippen molar-refractivity contribution < 1.29 is 0 Å². The largest absolute Gasteiger partial charge is 0.313 e. The number of likely N-dealkylation sites (tertiary alicyclic amines) is 1. The molecule has 1 aliphatic heterocycles. The molecule has 3 heteroatoms. The minimum absolute atomic E-state index is 0.673. The number of nitrogens with one attached hydrogen (secondary N) is 1. The number of likely N-dealkylation sites (N-methyl/N-ethyl adjacent to an activating group) is 2. The maximum atomic E-state index is 3.70. The third kappa shape index (κ3) is 6.24. The molecule has 2 atom stereocenters. The molecule has 1 N–H and O–H groups in total. The Morgan fingerprint density at radius 2 is 2.05 bits per heavy atom. The zero-order valence-electron chi connectivity index (χ0n) is 13.6. The van der Waals surface area contributed by atoms with Crippen molar-refractivity contribution in [2.45, 2.75) is 65.0 Å². The molecule has 114 valence electrons. The van der Waals surface area contributed by atoms with Crippen LogP contribution in [-0.4, -0.2) is 61.7 Å². The Morgan fingerprint density at radius 3 is 2.68 bits per heavy atom. The van der Waals surface area contributed by atoms with E-state index in [0.717, 1.165) is 12.6 Å². The highest BCUT2D eigenvalue weighted by Gasteiger charge is 2.24. The lowest BCUT2D eigenvalue weighted by Gasteiger charge is -2.30. The number of hydrogen-bond donors (Lipinski definition) is 1. The van der Waals surface area contributed by atoms with E-state index in [1.165, 1.54) is 58.3 Å². The Balaban J connectivity index is 2.32. The molecule has 2 unspecified atom stereocenters. The van der Waals surface area contributed by atoms with Crippen LogP contribution in [0.1, 0.15) is 52.9 Å². The van der Waals surface area contributed by atoms with Gasteiger partial charge in [-0.05, 0) is 52.4 Å².